The van der Waals surface area contributed by atoms with Crippen LogP contribution in [0.3, 0.4) is 0 Å². The van der Waals surface area contributed by atoms with E-state index in [9.17, 15) is 13.2 Å². The molecule has 2 rings (SSSR count). The first-order valence-corrected chi connectivity index (χ1v) is 7.05. The second-order valence-electron chi connectivity index (χ2n) is 4.08. The van der Waals surface area contributed by atoms with Gasteiger partial charge in [0, 0.05) is 16.9 Å². The van der Waals surface area contributed by atoms with E-state index in [1.165, 1.54) is 24.3 Å². The fraction of sp³-hybridized carbons (Fsp3) is 0. The monoisotopic (exact) mass is 309 g/mol. The van der Waals surface area contributed by atoms with Crippen LogP contribution in [-0.2, 0) is 10.1 Å². The topological polar surface area (TPSA) is 144 Å². The number of carbonyl (C=O) groups excluding carboxylic acids is 1. The first-order chi connectivity index (χ1) is 9.36. The summed E-state index contributed by atoms with van der Waals surface area (Å²) in [5.41, 5.74) is 6.92. The maximum Gasteiger partial charge on any atom is 0.294 e. The molecule has 0 aliphatic carbocycles. The fourth-order valence-corrected chi connectivity index (χ4v) is 2.03. The van der Waals surface area contributed by atoms with Crippen molar-refractivity contribution in [1.82, 2.24) is 6.15 Å². The Kier molecular flexibility index (Phi) is 5.03. The Hall–Kier alpha value is -2.42. The first-order valence-electron chi connectivity index (χ1n) is 5.61. The van der Waals surface area contributed by atoms with Crippen molar-refractivity contribution < 1.29 is 17.8 Å². The highest BCUT2D eigenvalue weighted by Gasteiger charge is 2.10. The number of hydrogen-bond donors (Lipinski definition) is 4. The van der Waals surface area contributed by atoms with Gasteiger partial charge in [-0.1, -0.05) is 0 Å². The van der Waals surface area contributed by atoms with Crippen LogP contribution in [-0.4, -0.2) is 18.9 Å². The van der Waals surface area contributed by atoms with E-state index in [1.807, 2.05) is 0 Å². The van der Waals surface area contributed by atoms with Crippen LogP contribution >= 0.6 is 0 Å². The van der Waals surface area contributed by atoms with Gasteiger partial charge in [-0.2, -0.15) is 8.42 Å². The van der Waals surface area contributed by atoms with E-state index < -0.39 is 10.1 Å². The molecule has 0 unspecified atom stereocenters. The average molecular weight is 309 g/mol. The molecule has 1 amide bonds. The van der Waals surface area contributed by atoms with Gasteiger partial charge < -0.3 is 17.2 Å². The van der Waals surface area contributed by atoms with Gasteiger partial charge in [0.2, 0.25) is 0 Å². The van der Waals surface area contributed by atoms with Gasteiger partial charge in [0.1, 0.15) is 0 Å². The molecule has 0 atom stereocenters. The third-order valence-electron chi connectivity index (χ3n) is 2.58. The van der Waals surface area contributed by atoms with E-state index >= 15 is 0 Å². The van der Waals surface area contributed by atoms with Crippen molar-refractivity contribution in [1.29, 1.82) is 0 Å². The normalized spacial score (nSPS) is 10.5. The fourth-order valence-electron chi connectivity index (χ4n) is 1.55. The summed E-state index contributed by atoms with van der Waals surface area (Å²) in [5, 5.41) is 2.60. The molecule has 0 saturated carbocycles. The number of benzene rings is 2. The molecule has 0 aromatic heterocycles. The number of hydrogen-bond acceptors (Lipinski definition) is 5. The molecule has 7 nitrogen and oxygen atoms in total. The third-order valence-corrected chi connectivity index (χ3v) is 3.45. The molecule has 0 fully saturated rings. The minimum absolute atomic E-state index is 0. The lowest BCUT2D eigenvalue weighted by Crippen LogP contribution is -2.12. The molecule has 2 aromatic carbocycles. The van der Waals surface area contributed by atoms with E-state index in [-0.39, 0.29) is 17.0 Å². The van der Waals surface area contributed by atoms with Crippen molar-refractivity contribution in [2.45, 2.75) is 4.90 Å². The highest BCUT2D eigenvalue weighted by atomic mass is 32.2. The summed E-state index contributed by atoms with van der Waals surface area (Å²) in [6.07, 6.45) is 0. The predicted molar refractivity (Wildman–Crippen MR) is 80.1 cm³/mol. The number of nitrogen functional groups attached to an aromatic ring is 1. The number of rotatable bonds is 3. The van der Waals surface area contributed by atoms with Crippen LogP contribution in [0.1, 0.15) is 10.4 Å². The van der Waals surface area contributed by atoms with Gasteiger partial charge in [0.05, 0.1) is 4.90 Å². The molecule has 0 radical (unpaired) electrons. The zero-order chi connectivity index (χ0) is 14.8. The molecule has 21 heavy (non-hydrogen) atoms. The summed E-state index contributed by atoms with van der Waals surface area (Å²) < 4.78 is 30.6. The van der Waals surface area contributed by atoms with Crippen molar-refractivity contribution in [3.63, 3.8) is 0 Å². The second-order valence-corrected chi connectivity index (χ2v) is 5.50. The van der Waals surface area contributed by atoms with Gasteiger partial charge in [0.15, 0.2) is 0 Å². The van der Waals surface area contributed by atoms with E-state index in [0.29, 0.717) is 16.9 Å². The van der Waals surface area contributed by atoms with Crippen molar-refractivity contribution in [3.8, 4) is 0 Å². The lowest BCUT2D eigenvalue weighted by molar-refractivity contribution is 0.102. The summed E-state index contributed by atoms with van der Waals surface area (Å²) in [4.78, 5) is 11.7. The molecular formula is C13H15N3O4S. The van der Waals surface area contributed by atoms with Crippen molar-refractivity contribution in [2.75, 3.05) is 11.1 Å². The summed E-state index contributed by atoms with van der Waals surface area (Å²) in [6.45, 7) is 0. The van der Waals surface area contributed by atoms with Crippen molar-refractivity contribution in [3.05, 3.63) is 54.1 Å². The van der Waals surface area contributed by atoms with Crippen LogP contribution in [0.15, 0.2) is 53.4 Å². The molecule has 8 heteroatoms. The van der Waals surface area contributed by atoms with Gasteiger partial charge in [0.25, 0.3) is 16.0 Å². The molecular weight excluding hydrogens is 294 g/mol. The second kappa shape index (κ2) is 6.35. The molecule has 0 heterocycles. The number of anilines is 2. The molecule has 112 valence electrons. The van der Waals surface area contributed by atoms with Crippen LogP contribution in [0, 0.1) is 0 Å². The molecule has 0 aliphatic heterocycles. The lowest BCUT2D eigenvalue weighted by atomic mass is 10.2. The molecule has 0 bridgehead atoms. The van der Waals surface area contributed by atoms with Crippen molar-refractivity contribution >= 4 is 27.4 Å². The highest BCUT2D eigenvalue weighted by Crippen LogP contribution is 2.15. The van der Waals surface area contributed by atoms with Crippen LogP contribution in [0.5, 0.6) is 0 Å². The van der Waals surface area contributed by atoms with E-state index in [4.69, 9.17) is 10.3 Å². The number of nitrogens with one attached hydrogen (secondary N) is 1. The summed E-state index contributed by atoms with van der Waals surface area (Å²) in [5.74, 6) is -0.343. The Labute approximate surface area is 122 Å². The Bertz CT molecular complexity index is 725. The Morgan fingerprint density at radius 2 is 1.52 bits per heavy atom. The minimum Gasteiger partial charge on any atom is -0.399 e. The largest absolute Gasteiger partial charge is 0.399 e. The molecule has 0 aliphatic rings. The van der Waals surface area contributed by atoms with Gasteiger partial charge in [-0.25, -0.2) is 0 Å². The first kappa shape index (κ1) is 16.6. The van der Waals surface area contributed by atoms with Crippen molar-refractivity contribution in [2.24, 2.45) is 0 Å². The zero-order valence-electron chi connectivity index (χ0n) is 11.0. The van der Waals surface area contributed by atoms with E-state index in [1.54, 1.807) is 24.3 Å². The molecule has 0 spiro atoms. The molecule has 2 aromatic rings. The zero-order valence-corrected chi connectivity index (χ0v) is 11.8. The van der Waals surface area contributed by atoms with Crippen LogP contribution < -0.4 is 17.2 Å². The smallest absolute Gasteiger partial charge is 0.294 e. The van der Waals surface area contributed by atoms with Gasteiger partial charge in [-0.05, 0) is 48.5 Å². The highest BCUT2D eigenvalue weighted by molar-refractivity contribution is 7.85. The maximum atomic E-state index is 11.9. The molecule has 7 N–H and O–H groups in total. The summed E-state index contributed by atoms with van der Waals surface area (Å²) in [7, 11) is -4.23. The summed E-state index contributed by atoms with van der Waals surface area (Å²) in [6, 6.07) is 11.6. The SMILES string of the molecule is N.Nc1ccc(C(=O)Nc2ccc(S(=O)(=O)O)cc2)cc1. The average Bonchev–Trinajstić information content (AvgIpc) is 2.39. The van der Waals surface area contributed by atoms with Gasteiger partial charge in [-0.15, -0.1) is 0 Å². The number of carbonyl (C=O) groups is 1. The Morgan fingerprint density at radius 3 is 2.00 bits per heavy atom. The van der Waals surface area contributed by atoms with Crippen LogP contribution in [0.4, 0.5) is 11.4 Å². The predicted octanol–water partition coefficient (Wildman–Crippen LogP) is 1.93. The van der Waals surface area contributed by atoms with Gasteiger partial charge >= 0.3 is 0 Å². The van der Waals surface area contributed by atoms with E-state index in [0.717, 1.165) is 0 Å². The van der Waals surface area contributed by atoms with Gasteiger partial charge in [-0.3, -0.25) is 9.35 Å². The lowest BCUT2D eigenvalue weighted by Gasteiger charge is -2.06. The Morgan fingerprint density at radius 1 is 1.00 bits per heavy atom. The summed E-state index contributed by atoms with van der Waals surface area (Å²) >= 11 is 0. The van der Waals surface area contributed by atoms with Crippen LogP contribution in [0.25, 0.3) is 0 Å². The maximum absolute atomic E-state index is 11.9. The molecule has 0 saturated heterocycles. The quantitative estimate of drug-likeness (QED) is 0.503. The third kappa shape index (κ3) is 4.28. The van der Waals surface area contributed by atoms with E-state index in [2.05, 4.69) is 5.32 Å². The number of nitrogens with two attached hydrogens (primary N) is 1. The standard InChI is InChI=1S/C13H12N2O4S.H3N/c14-10-3-1-9(2-4-10)13(16)15-11-5-7-12(8-6-11)20(17,18)19;/h1-8H,14H2,(H,15,16)(H,17,18,19);1H3. The Balaban J connectivity index is 0.00000220. The van der Waals surface area contributed by atoms with Crippen LogP contribution in [0.2, 0.25) is 0 Å². The number of amides is 1. The minimum atomic E-state index is -4.23.